The van der Waals surface area contributed by atoms with Crippen molar-refractivity contribution in [2.75, 3.05) is 13.2 Å². The maximum absolute atomic E-state index is 12.1. The Balaban J connectivity index is 0.000000275. The largest absolute Gasteiger partial charge is 0.507 e. The minimum Gasteiger partial charge on any atom is -0.507 e. The molecule has 10 nitrogen and oxygen atoms in total. The monoisotopic (exact) mass is 778 g/mol. The van der Waals surface area contributed by atoms with E-state index in [4.69, 9.17) is 19.7 Å². The van der Waals surface area contributed by atoms with Crippen LogP contribution in [0.5, 0.6) is 23.0 Å². The molecular formula is C38H42O10Sn. The SMILES string of the molecule is CCC[CH2][Sn][CH2]CCC.O=C(O)COc1ccc(C(=O)c2ccccc2)c(O)c1.O=C(O)COc1ccc(C(=O)c2ccccc2)c(O)c1. The van der Waals surface area contributed by atoms with E-state index in [1.807, 2.05) is 0 Å². The van der Waals surface area contributed by atoms with Crippen LogP contribution in [0.15, 0.2) is 97.1 Å². The van der Waals surface area contributed by atoms with E-state index in [1.165, 1.54) is 62.1 Å². The van der Waals surface area contributed by atoms with Gasteiger partial charge in [0.25, 0.3) is 0 Å². The zero-order valence-corrected chi connectivity index (χ0v) is 30.5. The predicted molar refractivity (Wildman–Crippen MR) is 187 cm³/mol. The van der Waals surface area contributed by atoms with Gasteiger partial charge in [-0.05, 0) is 24.3 Å². The fraction of sp³-hybridized carbons (Fsp3) is 0.263. The zero-order valence-electron chi connectivity index (χ0n) is 27.6. The van der Waals surface area contributed by atoms with E-state index < -0.39 is 25.2 Å². The van der Waals surface area contributed by atoms with E-state index >= 15 is 0 Å². The molecule has 2 radical (unpaired) electrons. The molecule has 0 atom stereocenters. The number of rotatable bonds is 16. The standard InChI is InChI=1S/2C15H12O5.2C4H9.Sn/c2*16-13-8-11(20-9-14(17)18)6-7-12(13)15(19)10-4-2-1-3-5-10;2*1-3-4-2;/h2*1-8,16H,9H2,(H,17,18);2*1,3-4H2,2H3;. The molecule has 0 heterocycles. The summed E-state index contributed by atoms with van der Waals surface area (Å²) < 4.78 is 13.1. The van der Waals surface area contributed by atoms with Crippen LogP contribution in [0.4, 0.5) is 0 Å². The van der Waals surface area contributed by atoms with Crippen molar-refractivity contribution in [1.82, 2.24) is 0 Å². The molecule has 49 heavy (non-hydrogen) atoms. The Morgan fingerprint density at radius 1 is 0.571 bits per heavy atom. The number of ether oxygens (including phenoxy) is 2. The third-order valence-electron chi connectivity index (χ3n) is 6.64. The number of carbonyl (C=O) groups excluding carboxylic acids is 2. The van der Waals surface area contributed by atoms with Crippen LogP contribution in [0, 0.1) is 0 Å². The van der Waals surface area contributed by atoms with Gasteiger partial charge in [0, 0.05) is 23.3 Å². The van der Waals surface area contributed by atoms with Gasteiger partial charge in [-0.3, -0.25) is 9.59 Å². The van der Waals surface area contributed by atoms with Crippen molar-refractivity contribution in [1.29, 1.82) is 0 Å². The van der Waals surface area contributed by atoms with Crippen molar-refractivity contribution in [3.05, 3.63) is 119 Å². The number of unbranched alkanes of at least 4 members (excludes halogenated alkanes) is 2. The summed E-state index contributed by atoms with van der Waals surface area (Å²) in [4.78, 5) is 45.1. The van der Waals surface area contributed by atoms with Crippen LogP contribution in [0.2, 0.25) is 8.87 Å². The normalized spacial score (nSPS) is 10.0. The summed E-state index contributed by atoms with van der Waals surface area (Å²) in [5.74, 6) is -2.98. The van der Waals surface area contributed by atoms with Gasteiger partial charge in [0.05, 0.1) is 11.1 Å². The second kappa shape index (κ2) is 22.7. The number of phenols is 2. The molecule has 0 saturated heterocycles. The number of ketones is 2. The number of carboxylic acid groups (broad SMARTS) is 2. The summed E-state index contributed by atoms with van der Waals surface area (Å²) in [6.45, 7) is 3.56. The average molecular weight is 777 g/mol. The fourth-order valence-corrected chi connectivity index (χ4v) is 8.25. The molecule has 0 amide bonds. The first-order chi connectivity index (χ1) is 23.6. The molecule has 0 spiro atoms. The van der Waals surface area contributed by atoms with Gasteiger partial charge in [0.1, 0.15) is 23.0 Å². The van der Waals surface area contributed by atoms with Crippen molar-refractivity contribution in [2.24, 2.45) is 0 Å². The first-order valence-corrected chi connectivity index (χ1v) is 19.9. The number of carbonyl (C=O) groups is 4. The van der Waals surface area contributed by atoms with Crippen LogP contribution in [0.1, 0.15) is 71.4 Å². The van der Waals surface area contributed by atoms with E-state index in [0.717, 1.165) is 0 Å². The number of hydrogen-bond donors (Lipinski definition) is 4. The van der Waals surface area contributed by atoms with Crippen LogP contribution >= 0.6 is 0 Å². The molecule has 0 aliphatic rings. The number of aliphatic carboxylic acids is 2. The van der Waals surface area contributed by atoms with Crippen LogP contribution < -0.4 is 9.47 Å². The summed E-state index contributed by atoms with van der Waals surface area (Å²) >= 11 is 0.149. The van der Waals surface area contributed by atoms with E-state index in [-0.39, 0.29) is 66.8 Å². The molecule has 258 valence electrons. The van der Waals surface area contributed by atoms with Crippen LogP contribution in [0.3, 0.4) is 0 Å². The molecular weight excluding hydrogens is 735 g/mol. The summed E-state index contributed by atoms with van der Waals surface area (Å²) in [6.07, 6.45) is 5.84. The summed E-state index contributed by atoms with van der Waals surface area (Å²) in [7, 11) is 0. The van der Waals surface area contributed by atoms with Crippen molar-refractivity contribution in [3.8, 4) is 23.0 Å². The number of phenolic OH excluding ortho intramolecular Hbond substituents is 2. The Kier molecular flexibility index (Phi) is 18.7. The van der Waals surface area contributed by atoms with Crippen molar-refractivity contribution in [3.63, 3.8) is 0 Å². The quantitative estimate of drug-likeness (QED) is 0.0515. The maximum atomic E-state index is 12.1. The van der Waals surface area contributed by atoms with Gasteiger partial charge in [-0.25, -0.2) is 9.59 Å². The molecule has 4 rings (SSSR count). The third-order valence-corrected chi connectivity index (χ3v) is 10.7. The maximum Gasteiger partial charge on any atom is 0.341 e. The number of hydrogen-bond acceptors (Lipinski definition) is 8. The summed E-state index contributed by atoms with van der Waals surface area (Å²) in [5.41, 5.74) is 1.20. The van der Waals surface area contributed by atoms with Gasteiger partial charge in [-0.2, -0.15) is 0 Å². The average Bonchev–Trinajstić information content (AvgIpc) is 3.10. The molecule has 0 unspecified atom stereocenters. The van der Waals surface area contributed by atoms with Crippen LogP contribution in [-0.2, 0) is 9.59 Å². The number of aromatic hydroxyl groups is 2. The Morgan fingerprint density at radius 2 is 0.939 bits per heavy atom. The van der Waals surface area contributed by atoms with Crippen molar-refractivity contribution in [2.45, 2.75) is 48.4 Å². The summed E-state index contributed by atoms with van der Waals surface area (Å²) in [5, 5.41) is 36.7. The number of carboxylic acids is 2. The minimum absolute atomic E-state index is 0.138. The smallest absolute Gasteiger partial charge is 0.341 e. The fourth-order valence-electron chi connectivity index (χ4n) is 4.10. The molecule has 0 aromatic heterocycles. The summed E-state index contributed by atoms with van der Waals surface area (Å²) in [6, 6.07) is 25.2. The Morgan fingerprint density at radius 3 is 1.24 bits per heavy atom. The van der Waals surface area contributed by atoms with Crippen LogP contribution in [-0.4, -0.2) is 78.3 Å². The molecule has 4 N–H and O–H groups in total. The van der Waals surface area contributed by atoms with Gasteiger partial charge in [-0.15, -0.1) is 0 Å². The zero-order chi connectivity index (χ0) is 36.0. The van der Waals surface area contributed by atoms with E-state index in [9.17, 15) is 29.4 Å². The molecule has 0 saturated carbocycles. The van der Waals surface area contributed by atoms with E-state index in [0.29, 0.717) is 11.1 Å². The topological polar surface area (TPSA) is 168 Å². The first kappa shape index (κ1) is 40.3. The van der Waals surface area contributed by atoms with E-state index in [1.54, 1.807) is 69.5 Å². The number of benzene rings is 4. The van der Waals surface area contributed by atoms with Crippen LogP contribution in [0.25, 0.3) is 0 Å². The van der Waals surface area contributed by atoms with Gasteiger partial charge >= 0.3 is 81.5 Å². The van der Waals surface area contributed by atoms with Gasteiger partial charge in [0.2, 0.25) is 0 Å². The van der Waals surface area contributed by atoms with Gasteiger partial charge in [-0.1, -0.05) is 60.7 Å². The minimum atomic E-state index is -1.12. The molecule has 0 bridgehead atoms. The Hall–Kier alpha value is -4.84. The second-order valence-corrected chi connectivity index (χ2v) is 14.9. The Bertz CT molecular complexity index is 1500. The molecule has 0 fully saturated rings. The molecule has 0 aliphatic heterocycles. The molecule has 11 heteroatoms. The third kappa shape index (κ3) is 15.3. The Labute approximate surface area is 296 Å². The second-order valence-electron chi connectivity index (χ2n) is 10.6. The molecule has 0 aliphatic carbocycles. The molecule has 4 aromatic rings. The molecule has 4 aromatic carbocycles. The van der Waals surface area contributed by atoms with Gasteiger partial charge < -0.3 is 29.9 Å². The van der Waals surface area contributed by atoms with E-state index in [2.05, 4.69) is 13.8 Å². The van der Waals surface area contributed by atoms with Crippen molar-refractivity contribution < 1.29 is 49.1 Å². The van der Waals surface area contributed by atoms with Crippen molar-refractivity contribution >= 4 is 44.6 Å². The first-order valence-electron chi connectivity index (χ1n) is 15.8. The predicted octanol–water partition coefficient (Wildman–Crippen LogP) is 7.30. The van der Waals surface area contributed by atoms with Gasteiger partial charge in [0.15, 0.2) is 24.8 Å².